The van der Waals surface area contributed by atoms with Gasteiger partial charge in [-0.15, -0.1) is 0 Å². The quantitative estimate of drug-likeness (QED) is 0.610. The average molecular weight is 265 g/mol. The van der Waals surface area contributed by atoms with Crippen molar-refractivity contribution in [1.82, 2.24) is 20.4 Å². The molecule has 0 bridgehead atoms. The molecule has 1 unspecified atom stereocenters. The van der Waals surface area contributed by atoms with Gasteiger partial charge in [-0.1, -0.05) is 13.8 Å². The van der Waals surface area contributed by atoms with Crippen molar-refractivity contribution in [2.45, 2.75) is 46.2 Å². The molecule has 1 heterocycles. The highest BCUT2D eigenvalue weighted by Crippen LogP contribution is 2.06. The Kier molecular flexibility index (Phi) is 6.39. The van der Waals surface area contributed by atoms with Crippen LogP contribution in [-0.2, 0) is 13.6 Å². The second-order valence-electron chi connectivity index (χ2n) is 5.39. The van der Waals surface area contributed by atoms with E-state index in [0.717, 1.165) is 30.5 Å². The first kappa shape index (κ1) is 15.5. The highest BCUT2D eigenvalue weighted by atomic mass is 15.3. The lowest BCUT2D eigenvalue weighted by atomic mass is 10.0. The number of nitrogens with zero attached hydrogens (tertiary/aromatic N) is 3. The Bertz CT molecular complexity index is 394. The van der Waals surface area contributed by atoms with Crippen molar-refractivity contribution in [3.8, 4) is 0 Å². The van der Waals surface area contributed by atoms with Crippen molar-refractivity contribution in [2.75, 3.05) is 7.05 Å². The third-order valence-corrected chi connectivity index (χ3v) is 3.14. The van der Waals surface area contributed by atoms with E-state index in [1.165, 1.54) is 6.42 Å². The van der Waals surface area contributed by atoms with E-state index in [1.807, 2.05) is 17.8 Å². The second kappa shape index (κ2) is 7.81. The van der Waals surface area contributed by atoms with Gasteiger partial charge in [0.15, 0.2) is 5.96 Å². The first-order valence-electron chi connectivity index (χ1n) is 6.97. The van der Waals surface area contributed by atoms with E-state index >= 15 is 0 Å². The molecule has 0 spiro atoms. The number of guanidine groups is 1. The summed E-state index contributed by atoms with van der Waals surface area (Å²) in [5.41, 5.74) is 1.14. The smallest absolute Gasteiger partial charge is 0.191 e. The van der Waals surface area contributed by atoms with Crippen molar-refractivity contribution in [2.24, 2.45) is 18.0 Å². The minimum atomic E-state index is 0.431. The molecular weight excluding hydrogens is 238 g/mol. The molecule has 0 fully saturated rings. The molecular formula is C14H27N5. The summed E-state index contributed by atoms with van der Waals surface area (Å²) in [4.78, 5) is 4.25. The number of rotatable bonds is 6. The molecule has 1 rings (SSSR count). The number of aryl methyl sites for hydroxylation is 1. The van der Waals surface area contributed by atoms with Crippen molar-refractivity contribution in [3.63, 3.8) is 0 Å². The van der Waals surface area contributed by atoms with Crippen LogP contribution in [0.3, 0.4) is 0 Å². The average Bonchev–Trinajstić information content (AvgIpc) is 2.77. The van der Waals surface area contributed by atoms with E-state index in [1.54, 1.807) is 13.2 Å². The molecule has 1 atom stereocenters. The van der Waals surface area contributed by atoms with Gasteiger partial charge in [0.25, 0.3) is 0 Å². The summed E-state index contributed by atoms with van der Waals surface area (Å²) in [5, 5.41) is 10.9. The van der Waals surface area contributed by atoms with Crippen molar-refractivity contribution >= 4 is 5.96 Å². The highest BCUT2D eigenvalue weighted by molar-refractivity contribution is 5.79. The maximum Gasteiger partial charge on any atom is 0.191 e. The van der Waals surface area contributed by atoms with Gasteiger partial charge in [0.1, 0.15) is 0 Å². The number of hydrogen-bond donors (Lipinski definition) is 2. The molecule has 1 aromatic heterocycles. The standard InChI is InChI=1S/C14H27N5/c1-11(2)6-7-12(3)18-14(15-4)16-10-13-8-9-17-19(13)5/h8-9,11-12H,6-7,10H2,1-5H3,(H2,15,16,18). The molecule has 2 N–H and O–H groups in total. The summed E-state index contributed by atoms with van der Waals surface area (Å²) in [5.74, 6) is 1.59. The fourth-order valence-corrected chi connectivity index (χ4v) is 1.83. The zero-order valence-corrected chi connectivity index (χ0v) is 12.8. The maximum absolute atomic E-state index is 4.25. The maximum atomic E-state index is 4.25. The molecule has 108 valence electrons. The third-order valence-electron chi connectivity index (χ3n) is 3.14. The fourth-order valence-electron chi connectivity index (χ4n) is 1.83. The third kappa shape index (κ3) is 5.77. The van der Waals surface area contributed by atoms with Crippen LogP contribution < -0.4 is 10.6 Å². The number of hydrogen-bond acceptors (Lipinski definition) is 2. The molecule has 0 aliphatic rings. The Labute approximate surface area is 116 Å². The van der Waals surface area contributed by atoms with Gasteiger partial charge in [-0.3, -0.25) is 9.67 Å². The molecule has 0 radical (unpaired) electrons. The van der Waals surface area contributed by atoms with Crippen LogP contribution in [0.4, 0.5) is 0 Å². The molecule has 0 aromatic carbocycles. The van der Waals surface area contributed by atoms with Gasteiger partial charge in [-0.05, 0) is 31.7 Å². The zero-order chi connectivity index (χ0) is 14.3. The van der Waals surface area contributed by atoms with Crippen LogP contribution >= 0.6 is 0 Å². The lowest BCUT2D eigenvalue weighted by molar-refractivity contribution is 0.488. The van der Waals surface area contributed by atoms with Crippen LogP contribution in [0.25, 0.3) is 0 Å². The molecule has 0 aliphatic heterocycles. The van der Waals surface area contributed by atoms with Gasteiger partial charge in [0.2, 0.25) is 0 Å². The highest BCUT2D eigenvalue weighted by Gasteiger charge is 2.07. The molecule has 5 heteroatoms. The summed E-state index contributed by atoms with van der Waals surface area (Å²) in [6.45, 7) is 7.43. The van der Waals surface area contributed by atoms with Gasteiger partial charge in [0, 0.05) is 26.3 Å². The van der Waals surface area contributed by atoms with Crippen LogP contribution in [0.1, 0.15) is 39.3 Å². The minimum absolute atomic E-state index is 0.431. The fraction of sp³-hybridized carbons (Fsp3) is 0.714. The number of nitrogens with one attached hydrogen (secondary N) is 2. The van der Waals surface area contributed by atoms with Crippen LogP contribution in [0.15, 0.2) is 17.3 Å². The van der Waals surface area contributed by atoms with Crippen LogP contribution in [0.2, 0.25) is 0 Å². The Balaban J connectivity index is 2.36. The largest absolute Gasteiger partial charge is 0.354 e. The van der Waals surface area contributed by atoms with E-state index in [2.05, 4.69) is 41.5 Å². The normalized spacial score (nSPS) is 13.7. The van der Waals surface area contributed by atoms with E-state index in [9.17, 15) is 0 Å². The predicted molar refractivity (Wildman–Crippen MR) is 80.1 cm³/mol. The Morgan fingerprint density at radius 1 is 1.37 bits per heavy atom. The number of aromatic nitrogens is 2. The van der Waals surface area contributed by atoms with Crippen LogP contribution in [0, 0.1) is 5.92 Å². The summed E-state index contributed by atoms with van der Waals surface area (Å²) in [7, 11) is 3.74. The molecule has 0 amide bonds. The van der Waals surface area contributed by atoms with Crippen LogP contribution in [-0.4, -0.2) is 28.8 Å². The Morgan fingerprint density at radius 2 is 2.11 bits per heavy atom. The van der Waals surface area contributed by atoms with Crippen molar-refractivity contribution in [3.05, 3.63) is 18.0 Å². The molecule has 0 saturated heterocycles. The Morgan fingerprint density at radius 3 is 2.63 bits per heavy atom. The topological polar surface area (TPSA) is 54.2 Å². The molecule has 0 aliphatic carbocycles. The molecule has 19 heavy (non-hydrogen) atoms. The van der Waals surface area contributed by atoms with E-state index < -0.39 is 0 Å². The van der Waals surface area contributed by atoms with E-state index in [-0.39, 0.29) is 0 Å². The predicted octanol–water partition coefficient (Wildman–Crippen LogP) is 1.91. The first-order valence-corrected chi connectivity index (χ1v) is 6.97. The van der Waals surface area contributed by atoms with E-state index in [0.29, 0.717) is 6.04 Å². The first-order chi connectivity index (χ1) is 9.02. The lowest BCUT2D eigenvalue weighted by Gasteiger charge is -2.18. The van der Waals surface area contributed by atoms with Gasteiger partial charge < -0.3 is 10.6 Å². The van der Waals surface area contributed by atoms with Gasteiger partial charge in [0.05, 0.1) is 12.2 Å². The van der Waals surface area contributed by atoms with Gasteiger partial charge >= 0.3 is 0 Å². The van der Waals surface area contributed by atoms with Crippen LogP contribution in [0.5, 0.6) is 0 Å². The second-order valence-corrected chi connectivity index (χ2v) is 5.39. The summed E-state index contributed by atoms with van der Waals surface area (Å²) in [6, 6.07) is 2.43. The van der Waals surface area contributed by atoms with Gasteiger partial charge in [-0.2, -0.15) is 5.10 Å². The molecule has 5 nitrogen and oxygen atoms in total. The SMILES string of the molecule is CN=C(NCc1ccnn1C)NC(C)CCC(C)C. The van der Waals surface area contributed by atoms with E-state index in [4.69, 9.17) is 0 Å². The van der Waals surface area contributed by atoms with Crippen molar-refractivity contribution in [1.29, 1.82) is 0 Å². The summed E-state index contributed by atoms with van der Waals surface area (Å²) >= 11 is 0. The summed E-state index contributed by atoms with van der Waals surface area (Å²) in [6.07, 6.45) is 4.19. The minimum Gasteiger partial charge on any atom is -0.354 e. The van der Waals surface area contributed by atoms with Gasteiger partial charge in [-0.25, -0.2) is 0 Å². The lowest BCUT2D eigenvalue weighted by Crippen LogP contribution is -2.42. The summed E-state index contributed by atoms with van der Waals surface area (Å²) < 4.78 is 1.86. The Hall–Kier alpha value is -1.52. The number of aliphatic imine (C=N–C) groups is 1. The monoisotopic (exact) mass is 265 g/mol. The van der Waals surface area contributed by atoms with Crippen molar-refractivity contribution < 1.29 is 0 Å². The molecule has 1 aromatic rings. The molecule has 0 saturated carbocycles. The zero-order valence-electron chi connectivity index (χ0n) is 12.8.